The molecule has 1 heteroatoms. The number of rotatable bonds is 0. The van der Waals surface area contributed by atoms with Gasteiger partial charge in [-0.3, -0.25) is 0 Å². The van der Waals surface area contributed by atoms with Crippen molar-refractivity contribution in [2.24, 2.45) is 0 Å². The lowest BCUT2D eigenvalue weighted by Gasteiger charge is -1.91. The molecule has 0 radical (unpaired) electrons. The summed E-state index contributed by atoms with van der Waals surface area (Å²) in [5.41, 5.74) is 2.15. The largest absolute Gasteiger partial charge is 0.384 e. The van der Waals surface area contributed by atoms with Crippen LogP contribution in [0, 0.1) is 18.8 Å². The van der Waals surface area contributed by atoms with Crippen molar-refractivity contribution in [3.63, 3.8) is 0 Å². The molecular formula is C12H16O. The molecule has 0 aliphatic rings. The summed E-state index contributed by atoms with van der Waals surface area (Å²) in [6, 6.07) is 7.89. The molecule has 0 spiro atoms. The van der Waals surface area contributed by atoms with Gasteiger partial charge in [-0.25, -0.2) is 0 Å². The van der Waals surface area contributed by atoms with Crippen molar-refractivity contribution in [2.75, 3.05) is 6.61 Å². The van der Waals surface area contributed by atoms with E-state index in [0.717, 1.165) is 5.56 Å². The second-order valence-corrected chi connectivity index (χ2v) is 2.33. The molecule has 0 heterocycles. The lowest BCUT2D eigenvalue weighted by molar-refractivity contribution is 0.350. The van der Waals surface area contributed by atoms with E-state index in [4.69, 9.17) is 5.11 Å². The molecule has 0 saturated heterocycles. The third-order valence-corrected chi connectivity index (χ3v) is 1.33. The van der Waals surface area contributed by atoms with E-state index in [1.165, 1.54) is 5.56 Å². The van der Waals surface area contributed by atoms with Crippen molar-refractivity contribution in [1.82, 2.24) is 0 Å². The maximum absolute atomic E-state index is 8.42. The maximum Gasteiger partial charge on any atom is 0.104 e. The molecule has 0 bridgehead atoms. The van der Waals surface area contributed by atoms with Gasteiger partial charge < -0.3 is 5.11 Å². The fourth-order valence-electron chi connectivity index (χ4n) is 0.864. The second-order valence-electron chi connectivity index (χ2n) is 2.33. The second kappa shape index (κ2) is 7.39. The summed E-state index contributed by atoms with van der Waals surface area (Å²) in [6.07, 6.45) is 0. The van der Waals surface area contributed by atoms with Gasteiger partial charge in [-0.1, -0.05) is 37.8 Å². The molecular weight excluding hydrogens is 160 g/mol. The van der Waals surface area contributed by atoms with Crippen LogP contribution in [-0.4, -0.2) is 11.7 Å². The lowest BCUT2D eigenvalue weighted by atomic mass is 10.1. The zero-order valence-corrected chi connectivity index (χ0v) is 8.46. The first-order chi connectivity index (χ1) is 6.33. The molecule has 70 valence electrons. The lowest BCUT2D eigenvalue weighted by Crippen LogP contribution is -1.77. The Labute approximate surface area is 80.4 Å². The number of aryl methyl sites for hydroxylation is 1. The predicted molar refractivity (Wildman–Crippen MR) is 56.5 cm³/mol. The molecule has 1 aromatic carbocycles. The standard InChI is InChI=1S/C10H10O.C2H6/c1-9-4-2-5-10(8-9)6-3-7-11;1-2/h2,4-5,8,11H,7H2,1H3;1-2H3. The molecule has 13 heavy (non-hydrogen) atoms. The molecule has 0 amide bonds. The van der Waals surface area contributed by atoms with Crippen LogP contribution in [0.1, 0.15) is 25.0 Å². The fraction of sp³-hybridized carbons (Fsp3) is 0.333. The van der Waals surface area contributed by atoms with E-state index < -0.39 is 0 Å². The van der Waals surface area contributed by atoms with E-state index in [2.05, 4.69) is 11.8 Å². The summed E-state index contributed by atoms with van der Waals surface area (Å²) >= 11 is 0. The first kappa shape index (κ1) is 11.7. The Bertz CT molecular complexity index is 291. The van der Waals surface area contributed by atoms with E-state index in [9.17, 15) is 0 Å². The van der Waals surface area contributed by atoms with Crippen molar-refractivity contribution < 1.29 is 5.11 Å². The van der Waals surface area contributed by atoms with Gasteiger partial charge in [-0.2, -0.15) is 0 Å². The van der Waals surface area contributed by atoms with Crippen molar-refractivity contribution in [2.45, 2.75) is 20.8 Å². The van der Waals surface area contributed by atoms with Crippen molar-refractivity contribution in [3.05, 3.63) is 35.4 Å². The maximum atomic E-state index is 8.42. The molecule has 1 nitrogen and oxygen atoms in total. The van der Waals surface area contributed by atoms with Crippen LogP contribution in [0.4, 0.5) is 0 Å². The molecule has 0 aliphatic heterocycles. The van der Waals surface area contributed by atoms with Gasteiger partial charge in [0.1, 0.15) is 6.61 Å². The minimum Gasteiger partial charge on any atom is -0.384 e. The predicted octanol–water partition coefficient (Wildman–Crippen LogP) is 2.37. The average Bonchev–Trinajstić information content (AvgIpc) is 2.18. The Hall–Kier alpha value is -1.26. The van der Waals surface area contributed by atoms with Gasteiger partial charge in [0.05, 0.1) is 0 Å². The summed E-state index contributed by atoms with van der Waals surface area (Å²) in [4.78, 5) is 0. The highest BCUT2D eigenvalue weighted by atomic mass is 16.2. The van der Waals surface area contributed by atoms with Gasteiger partial charge in [0, 0.05) is 5.56 Å². The van der Waals surface area contributed by atoms with E-state index in [1.54, 1.807) is 0 Å². The van der Waals surface area contributed by atoms with Crippen LogP contribution in [-0.2, 0) is 0 Å². The van der Waals surface area contributed by atoms with Crippen LogP contribution in [0.25, 0.3) is 0 Å². The fourth-order valence-corrected chi connectivity index (χ4v) is 0.864. The van der Waals surface area contributed by atoms with Crippen LogP contribution in [0.3, 0.4) is 0 Å². The Kier molecular flexibility index (Phi) is 6.68. The van der Waals surface area contributed by atoms with Crippen molar-refractivity contribution in [3.8, 4) is 11.8 Å². The van der Waals surface area contributed by atoms with Crippen LogP contribution in [0.5, 0.6) is 0 Å². The minimum atomic E-state index is -0.0755. The Morgan fingerprint density at radius 1 is 1.31 bits per heavy atom. The van der Waals surface area contributed by atoms with Crippen molar-refractivity contribution in [1.29, 1.82) is 0 Å². The van der Waals surface area contributed by atoms with Gasteiger partial charge in [-0.15, -0.1) is 0 Å². The third kappa shape index (κ3) is 5.05. The summed E-state index contributed by atoms with van der Waals surface area (Å²) < 4.78 is 0. The zero-order chi connectivity index (χ0) is 10.1. The van der Waals surface area contributed by atoms with Gasteiger partial charge in [0.2, 0.25) is 0 Å². The minimum absolute atomic E-state index is 0.0755. The van der Waals surface area contributed by atoms with Gasteiger partial charge in [0.15, 0.2) is 0 Å². The molecule has 0 unspecified atom stereocenters. The molecule has 1 rings (SSSR count). The van der Waals surface area contributed by atoms with Gasteiger partial charge in [-0.05, 0) is 24.6 Å². The van der Waals surface area contributed by atoms with E-state index in [0.29, 0.717) is 0 Å². The number of hydrogen-bond acceptors (Lipinski definition) is 1. The van der Waals surface area contributed by atoms with Crippen LogP contribution >= 0.6 is 0 Å². The smallest absolute Gasteiger partial charge is 0.104 e. The Morgan fingerprint density at radius 3 is 2.54 bits per heavy atom. The number of benzene rings is 1. The van der Waals surface area contributed by atoms with E-state index >= 15 is 0 Å². The van der Waals surface area contributed by atoms with Gasteiger partial charge >= 0.3 is 0 Å². The number of hydrogen-bond donors (Lipinski definition) is 1. The van der Waals surface area contributed by atoms with E-state index in [-0.39, 0.29) is 6.61 Å². The molecule has 0 atom stereocenters. The number of aliphatic hydroxyl groups excluding tert-OH is 1. The summed E-state index contributed by atoms with van der Waals surface area (Å²) in [7, 11) is 0. The molecule has 0 aliphatic carbocycles. The van der Waals surface area contributed by atoms with Gasteiger partial charge in [0.25, 0.3) is 0 Å². The third-order valence-electron chi connectivity index (χ3n) is 1.33. The normalized spacial score (nSPS) is 7.69. The first-order valence-corrected chi connectivity index (χ1v) is 4.49. The highest BCUT2D eigenvalue weighted by molar-refractivity contribution is 5.36. The monoisotopic (exact) mass is 176 g/mol. The first-order valence-electron chi connectivity index (χ1n) is 4.49. The summed E-state index contributed by atoms with van der Waals surface area (Å²) in [5.74, 6) is 5.43. The highest BCUT2D eigenvalue weighted by Crippen LogP contribution is 2.01. The number of aliphatic hydroxyl groups is 1. The van der Waals surface area contributed by atoms with Crippen LogP contribution in [0.15, 0.2) is 24.3 Å². The Balaban J connectivity index is 0.000000671. The molecule has 1 N–H and O–H groups in total. The summed E-state index contributed by atoms with van der Waals surface area (Å²) in [5, 5.41) is 8.42. The molecule has 0 aromatic heterocycles. The highest BCUT2D eigenvalue weighted by Gasteiger charge is 1.85. The van der Waals surface area contributed by atoms with Crippen LogP contribution < -0.4 is 0 Å². The molecule has 0 saturated carbocycles. The topological polar surface area (TPSA) is 20.2 Å². The quantitative estimate of drug-likeness (QED) is 0.602. The van der Waals surface area contributed by atoms with Crippen molar-refractivity contribution >= 4 is 0 Å². The summed E-state index contributed by atoms with van der Waals surface area (Å²) in [6.45, 7) is 5.94. The van der Waals surface area contributed by atoms with E-state index in [1.807, 2.05) is 45.0 Å². The average molecular weight is 176 g/mol. The molecule has 1 aromatic rings. The van der Waals surface area contributed by atoms with Crippen LogP contribution in [0.2, 0.25) is 0 Å². The zero-order valence-electron chi connectivity index (χ0n) is 8.46. The SMILES string of the molecule is CC.Cc1cccc(C#CCO)c1. The molecule has 0 fully saturated rings. The Morgan fingerprint density at radius 2 is 2.00 bits per heavy atom.